The first-order chi connectivity index (χ1) is 12.3. The fourth-order valence-corrected chi connectivity index (χ4v) is 4.76. The van der Waals surface area contributed by atoms with Crippen molar-refractivity contribution in [1.82, 2.24) is 0 Å². The van der Waals surface area contributed by atoms with E-state index in [0.29, 0.717) is 5.41 Å². The molecule has 5 heteroatoms. The fraction of sp³-hybridized carbons (Fsp3) is 0.476. The fourth-order valence-electron chi connectivity index (χ4n) is 3.34. The Morgan fingerprint density at radius 1 is 1.31 bits per heavy atom. The van der Waals surface area contributed by atoms with E-state index < -0.39 is 0 Å². The molecule has 1 aromatic rings. The largest absolute Gasteiger partial charge is 0.483 e. The second kappa shape index (κ2) is 9.05. The van der Waals surface area contributed by atoms with E-state index in [1.54, 1.807) is 4.91 Å². The van der Waals surface area contributed by atoms with Crippen molar-refractivity contribution < 1.29 is 9.90 Å². The molecule has 0 atom stereocenters. The third kappa shape index (κ3) is 5.10. The van der Waals surface area contributed by atoms with Crippen LogP contribution in [0.4, 0.5) is 5.69 Å². The predicted molar refractivity (Wildman–Crippen MR) is 117 cm³/mol. The molecule has 1 N–H and O–H groups in total. The lowest BCUT2D eigenvalue weighted by atomic mass is 9.81. The van der Waals surface area contributed by atoms with Crippen molar-refractivity contribution >= 4 is 41.6 Å². The van der Waals surface area contributed by atoms with E-state index in [4.69, 9.17) is 9.90 Å². The van der Waals surface area contributed by atoms with Gasteiger partial charge in [0, 0.05) is 11.4 Å². The molecule has 0 saturated heterocycles. The number of thioether (sulfide) groups is 1. The standard InChI is InChI=1S/C20H27NS2.CH2O2/c1-14(2)19(23-15-8-11-20(3,4)12-9-15)17-6-5-7-18-16(17)10-13-21(18)22;2-1-3/h5-8,22H,9-13H2,1-4H3;1H,(H,2,3). The topological polar surface area (TPSA) is 40.5 Å². The molecule has 3 nitrogen and oxygen atoms in total. The Kier molecular flexibility index (Phi) is 7.30. The van der Waals surface area contributed by atoms with E-state index in [1.165, 1.54) is 46.6 Å². The molecule has 1 aliphatic carbocycles. The second-order valence-electron chi connectivity index (χ2n) is 7.75. The molecule has 0 saturated carbocycles. The van der Waals surface area contributed by atoms with Crippen molar-refractivity contribution in [3.63, 3.8) is 0 Å². The third-order valence-electron chi connectivity index (χ3n) is 4.87. The summed E-state index contributed by atoms with van der Waals surface area (Å²) in [4.78, 5) is 11.3. The van der Waals surface area contributed by atoms with Crippen molar-refractivity contribution in [2.75, 3.05) is 10.8 Å². The highest BCUT2D eigenvalue weighted by Gasteiger charge is 2.25. The quantitative estimate of drug-likeness (QED) is 0.477. The molecule has 1 aliphatic heterocycles. The summed E-state index contributed by atoms with van der Waals surface area (Å²) in [6.45, 7) is 9.98. The van der Waals surface area contributed by atoms with Gasteiger partial charge in [-0.3, -0.25) is 4.79 Å². The minimum atomic E-state index is -0.250. The summed E-state index contributed by atoms with van der Waals surface area (Å²) < 4.78 is 2.08. The number of anilines is 1. The van der Waals surface area contributed by atoms with E-state index in [1.807, 2.05) is 11.8 Å². The molecule has 2 aliphatic rings. The lowest BCUT2D eigenvalue weighted by Crippen LogP contribution is -2.13. The van der Waals surface area contributed by atoms with Gasteiger partial charge in [0.15, 0.2) is 0 Å². The van der Waals surface area contributed by atoms with Gasteiger partial charge in [0.05, 0.1) is 5.69 Å². The van der Waals surface area contributed by atoms with Gasteiger partial charge in [-0.2, -0.15) is 0 Å². The molecule has 1 heterocycles. The Bertz CT molecular complexity index is 719. The third-order valence-corrected chi connectivity index (χ3v) is 6.75. The Hall–Kier alpha value is -1.33. The van der Waals surface area contributed by atoms with Gasteiger partial charge in [0.25, 0.3) is 6.47 Å². The van der Waals surface area contributed by atoms with Gasteiger partial charge in [-0.1, -0.05) is 62.2 Å². The van der Waals surface area contributed by atoms with Gasteiger partial charge in [-0.05, 0) is 67.0 Å². The maximum atomic E-state index is 8.36. The van der Waals surface area contributed by atoms with Gasteiger partial charge in [0.1, 0.15) is 0 Å². The van der Waals surface area contributed by atoms with E-state index in [-0.39, 0.29) is 6.47 Å². The number of rotatable bonds is 3. The molecular formula is C21H29NO2S2. The molecule has 0 aromatic heterocycles. The maximum absolute atomic E-state index is 8.36. The molecule has 0 amide bonds. The lowest BCUT2D eigenvalue weighted by Gasteiger charge is -2.29. The first kappa shape index (κ1) is 21.0. The first-order valence-corrected chi connectivity index (χ1v) is 10.2. The highest BCUT2D eigenvalue weighted by atomic mass is 32.2. The monoisotopic (exact) mass is 391 g/mol. The van der Waals surface area contributed by atoms with Crippen LogP contribution in [0, 0.1) is 5.41 Å². The number of thiol groups is 1. The summed E-state index contributed by atoms with van der Waals surface area (Å²) in [7, 11) is 0. The van der Waals surface area contributed by atoms with Gasteiger partial charge >= 0.3 is 0 Å². The minimum absolute atomic E-state index is 0.250. The average molecular weight is 392 g/mol. The van der Waals surface area contributed by atoms with Gasteiger partial charge in [-0.25, -0.2) is 0 Å². The highest BCUT2D eigenvalue weighted by molar-refractivity contribution is 8.11. The summed E-state index contributed by atoms with van der Waals surface area (Å²) in [5.41, 5.74) is 6.03. The van der Waals surface area contributed by atoms with Gasteiger partial charge in [-0.15, -0.1) is 0 Å². The van der Waals surface area contributed by atoms with Crippen LogP contribution in [-0.2, 0) is 11.2 Å². The number of hydrogen-bond donors (Lipinski definition) is 2. The summed E-state index contributed by atoms with van der Waals surface area (Å²) in [5, 5.41) is 6.89. The number of carboxylic acid groups (broad SMARTS) is 1. The van der Waals surface area contributed by atoms with Crippen molar-refractivity contribution in [3.05, 3.63) is 45.9 Å². The van der Waals surface area contributed by atoms with Crippen LogP contribution in [0.1, 0.15) is 58.1 Å². The maximum Gasteiger partial charge on any atom is 0.290 e. The van der Waals surface area contributed by atoms with E-state index in [2.05, 4.69) is 69.1 Å². The first-order valence-electron chi connectivity index (χ1n) is 9.00. The average Bonchev–Trinajstić information content (AvgIpc) is 2.96. The minimum Gasteiger partial charge on any atom is -0.483 e. The van der Waals surface area contributed by atoms with Crippen LogP contribution in [0.2, 0.25) is 0 Å². The SMILES string of the molecule is CC(C)=C(SC1=CCC(C)(C)CC1)c1cccc2c1CCN2S.O=CO. The van der Waals surface area contributed by atoms with Crippen LogP contribution < -0.4 is 4.31 Å². The van der Waals surface area contributed by atoms with Gasteiger partial charge < -0.3 is 9.41 Å². The molecular weight excluding hydrogens is 362 g/mol. The molecule has 3 rings (SSSR count). The predicted octanol–water partition coefficient (Wildman–Crippen LogP) is 6.17. The zero-order valence-electron chi connectivity index (χ0n) is 16.1. The number of carbonyl (C=O) groups is 1. The molecule has 0 spiro atoms. The second-order valence-corrected chi connectivity index (χ2v) is 9.37. The van der Waals surface area contributed by atoms with Crippen LogP contribution in [0.3, 0.4) is 0 Å². The number of nitrogens with zero attached hydrogens (tertiary/aromatic N) is 1. The van der Waals surface area contributed by atoms with Crippen LogP contribution in [-0.4, -0.2) is 18.1 Å². The highest BCUT2D eigenvalue weighted by Crippen LogP contribution is 2.46. The summed E-state index contributed by atoms with van der Waals surface area (Å²) in [6, 6.07) is 6.65. The van der Waals surface area contributed by atoms with Crippen LogP contribution in [0.15, 0.2) is 34.8 Å². The zero-order chi connectivity index (χ0) is 19.3. The summed E-state index contributed by atoms with van der Waals surface area (Å²) in [6.07, 6.45) is 7.26. The molecule has 0 bridgehead atoms. The smallest absolute Gasteiger partial charge is 0.290 e. The molecule has 1 aromatic carbocycles. The van der Waals surface area contributed by atoms with Crippen molar-refractivity contribution in [3.8, 4) is 0 Å². The number of allylic oxidation sites excluding steroid dienone is 3. The van der Waals surface area contributed by atoms with Crippen LogP contribution in [0.25, 0.3) is 4.91 Å². The summed E-state index contributed by atoms with van der Waals surface area (Å²) in [5.74, 6) is 0. The van der Waals surface area contributed by atoms with Crippen molar-refractivity contribution in [2.45, 2.75) is 53.4 Å². The van der Waals surface area contributed by atoms with Crippen LogP contribution >= 0.6 is 24.6 Å². The van der Waals surface area contributed by atoms with Crippen molar-refractivity contribution in [1.29, 1.82) is 0 Å². The normalized spacial score (nSPS) is 17.6. The Balaban J connectivity index is 0.000000758. The summed E-state index contributed by atoms with van der Waals surface area (Å²) >= 11 is 6.58. The number of hydrogen-bond acceptors (Lipinski definition) is 4. The Labute approximate surface area is 167 Å². The molecule has 0 unspecified atom stereocenters. The molecule has 26 heavy (non-hydrogen) atoms. The molecule has 142 valence electrons. The number of fused-ring (bicyclic) bond motifs is 1. The van der Waals surface area contributed by atoms with E-state index in [9.17, 15) is 0 Å². The van der Waals surface area contributed by atoms with E-state index in [0.717, 1.165) is 13.0 Å². The Morgan fingerprint density at radius 3 is 2.58 bits per heavy atom. The molecule has 0 fully saturated rings. The van der Waals surface area contributed by atoms with Gasteiger partial charge in [0.2, 0.25) is 0 Å². The molecule has 0 radical (unpaired) electrons. The van der Waals surface area contributed by atoms with E-state index >= 15 is 0 Å². The zero-order valence-corrected chi connectivity index (χ0v) is 17.8. The lowest BCUT2D eigenvalue weighted by molar-refractivity contribution is -0.122. The number of benzene rings is 1. The van der Waals surface area contributed by atoms with Crippen molar-refractivity contribution in [2.24, 2.45) is 5.41 Å². The van der Waals surface area contributed by atoms with Crippen LogP contribution in [0.5, 0.6) is 0 Å². The Morgan fingerprint density at radius 2 is 2.00 bits per heavy atom.